The summed E-state index contributed by atoms with van der Waals surface area (Å²) in [7, 11) is 5.69. The zero-order valence-corrected chi connectivity index (χ0v) is 12.5. The zero-order chi connectivity index (χ0) is 14.7. The van der Waals surface area contributed by atoms with E-state index in [2.05, 4.69) is 29.2 Å². The molecule has 0 amide bonds. The van der Waals surface area contributed by atoms with E-state index in [1.165, 1.54) is 0 Å². The molecule has 1 rings (SSSR count). The average Bonchev–Trinajstić information content (AvgIpc) is 2.51. The first-order valence-corrected chi connectivity index (χ1v) is 6.33. The molecule has 0 aliphatic heterocycles. The standard InChI is InChI=1S/C12H23N5O2/c1-8(2)10(7-15(4)5)13-12-11(17(18)19)9(3)14-16(12)6/h8,10,13H,7H2,1-6H3. The molecule has 1 N–H and O–H groups in total. The van der Waals surface area contributed by atoms with E-state index in [1.807, 2.05) is 14.1 Å². The van der Waals surface area contributed by atoms with Crippen LogP contribution in [0.3, 0.4) is 0 Å². The number of nitrogens with one attached hydrogen (secondary N) is 1. The van der Waals surface area contributed by atoms with Crippen LogP contribution >= 0.6 is 0 Å². The second-order valence-corrected chi connectivity index (χ2v) is 5.42. The van der Waals surface area contributed by atoms with Crippen LogP contribution in [0.5, 0.6) is 0 Å². The van der Waals surface area contributed by atoms with Gasteiger partial charge in [0.2, 0.25) is 5.82 Å². The Hall–Kier alpha value is -1.63. The van der Waals surface area contributed by atoms with Gasteiger partial charge in [-0.2, -0.15) is 5.10 Å². The first-order valence-electron chi connectivity index (χ1n) is 6.33. The Morgan fingerprint density at radius 1 is 1.47 bits per heavy atom. The predicted octanol–water partition coefficient (Wildman–Crippen LogP) is 1.63. The van der Waals surface area contributed by atoms with Crippen LogP contribution in [0.2, 0.25) is 0 Å². The van der Waals surface area contributed by atoms with Crippen LogP contribution in [0.15, 0.2) is 0 Å². The van der Waals surface area contributed by atoms with Crippen LogP contribution in [-0.4, -0.2) is 46.3 Å². The van der Waals surface area contributed by atoms with Crippen LogP contribution in [0.4, 0.5) is 11.5 Å². The summed E-state index contributed by atoms with van der Waals surface area (Å²) in [5.41, 5.74) is 0.495. The van der Waals surface area contributed by atoms with Crippen LogP contribution in [0.1, 0.15) is 19.5 Å². The van der Waals surface area contributed by atoms with Crippen molar-refractivity contribution in [1.82, 2.24) is 14.7 Å². The average molecular weight is 269 g/mol. The Bertz CT molecular complexity index is 453. The van der Waals surface area contributed by atoms with E-state index in [-0.39, 0.29) is 16.7 Å². The first-order chi connectivity index (χ1) is 8.73. The third kappa shape index (κ3) is 3.66. The summed E-state index contributed by atoms with van der Waals surface area (Å²) < 4.78 is 1.54. The summed E-state index contributed by atoms with van der Waals surface area (Å²) in [6.45, 7) is 6.64. The Labute approximate surface area is 113 Å². The number of nitrogens with zero attached hydrogens (tertiary/aromatic N) is 4. The fourth-order valence-corrected chi connectivity index (χ4v) is 2.02. The largest absolute Gasteiger partial charge is 0.360 e. The molecule has 1 unspecified atom stereocenters. The number of hydrogen-bond donors (Lipinski definition) is 1. The molecular formula is C12H23N5O2. The van der Waals surface area contributed by atoms with Gasteiger partial charge in [0, 0.05) is 19.6 Å². The van der Waals surface area contributed by atoms with E-state index in [0.29, 0.717) is 17.4 Å². The molecule has 0 aliphatic carbocycles. The number of likely N-dealkylation sites (N-methyl/N-ethyl adjacent to an activating group) is 1. The van der Waals surface area contributed by atoms with Crippen molar-refractivity contribution in [2.24, 2.45) is 13.0 Å². The molecule has 0 spiro atoms. The van der Waals surface area contributed by atoms with Gasteiger partial charge in [-0.3, -0.25) is 10.1 Å². The van der Waals surface area contributed by atoms with Gasteiger partial charge in [-0.1, -0.05) is 13.8 Å². The number of rotatable bonds is 6. The van der Waals surface area contributed by atoms with E-state index < -0.39 is 0 Å². The van der Waals surface area contributed by atoms with Gasteiger partial charge in [0.1, 0.15) is 5.69 Å². The monoisotopic (exact) mass is 269 g/mol. The Kier molecular flexibility index (Phi) is 4.88. The van der Waals surface area contributed by atoms with E-state index in [4.69, 9.17) is 0 Å². The maximum Gasteiger partial charge on any atom is 0.333 e. The third-order valence-electron chi connectivity index (χ3n) is 3.06. The van der Waals surface area contributed by atoms with Crippen molar-refractivity contribution in [3.8, 4) is 0 Å². The number of anilines is 1. The summed E-state index contributed by atoms with van der Waals surface area (Å²) in [6, 6.07) is 0.128. The maximum atomic E-state index is 11.1. The van der Waals surface area contributed by atoms with E-state index in [0.717, 1.165) is 6.54 Å². The summed E-state index contributed by atoms with van der Waals surface area (Å²) in [5, 5.41) is 18.5. The molecule has 0 bridgehead atoms. The fourth-order valence-electron chi connectivity index (χ4n) is 2.02. The highest BCUT2D eigenvalue weighted by Crippen LogP contribution is 2.28. The Balaban J connectivity index is 3.05. The molecule has 0 saturated carbocycles. The molecular weight excluding hydrogens is 246 g/mol. The van der Waals surface area contributed by atoms with Crippen molar-refractivity contribution in [2.75, 3.05) is 26.0 Å². The summed E-state index contributed by atoms with van der Waals surface area (Å²) in [6.07, 6.45) is 0. The smallest absolute Gasteiger partial charge is 0.333 e. The molecule has 1 aromatic rings. The minimum absolute atomic E-state index is 0.0620. The number of aromatic nitrogens is 2. The number of aryl methyl sites for hydroxylation is 2. The third-order valence-corrected chi connectivity index (χ3v) is 3.06. The molecule has 19 heavy (non-hydrogen) atoms. The molecule has 0 aliphatic rings. The lowest BCUT2D eigenvalue weighted by atomic mass is 10.0. The van der Waals surface area contributed by atoms with Gasteiger partial charge in [-0.25, -0.2) is 4.68 Å². The quantitative estimate of drug-likeness (QED) is 0.627. The maximum absolute atomic E-state index is 11.1. The van der Waals surface area contributed by atoms with Crippen LogP contribution in [0, 0.1) is 23.0 Å². The van der Waals surface area contributed by atoms with Crippen molar-refractivity contribution in [1.29, 1.82) is 0 Å². The molecule has 108 valence electrons. The van der Waals surface area contributed by atoms with Crippen molar-refractivity contribution in [2.45, 2.75) is 26.8 Å². The van der Waals surface area contributed by atoms with Gasteiger partial charge < -0.3 is 10.2 Å². The van der Waals surface area contributed by atoms with Gasteiger partial charge in [0.05, 0.1) is 4.92 Å². The molecule has 7 heteroatoms. The molecule has 0 radical (unpaired) electrons. The molecule has 0 aromatic carbocycles. The molecule has 1 atom stereocenters. The summed E-state index contributed by atoms with van der Waals surface area (Å²) >= 11 is 0. The second kappa shape index (κ2) is 6.01. The molecule has 0 saturated heterocycles. The SMILES string of the molecule is Cc1nn(C)c(NC(CN(C)C)C(C)C)c1[N+](=O)[O-]. The van der Waals surface area contributed by atoms with Crippen molar-refractivity contribution in [3.63, 3.8) is 0 Å². The number of nitro groups is 1. The van der Waals surface area contributed by atoms with Crippen LogP contribution in [-0.2, 0) is 7.05 Å². The molecule has 1 heterocycles. The lowest BCUT2D eigenvalue weighted by Crippen LogP contribution is -2.37. The highest BCUT2D eigenvalue weighted by molar-refractivity contribution is 5.60. The molecule has 1 aromatic heterocycles. The van der Waals surface area contributed by atoms with Gasteiger partial charge in [-0.05, 0) is 26.9 Å². The van der Waals surface area contributed by atoms with Gasteiger partial charge >= 0.3 is 5.69 Å². The van der Waals surface area contributed by atoms with Gasteiger partial charge in [-0.15, -0.1) is 0 Å². The van der Waals surface area contributed by atoms with Gasteiger partial charge in [0.25, 0.3) is 0 Å². The van der Waals surface area contributed by atoms with Crippen LogP contribution < -0.4 is 5.32 Å². The Morgan fingerprint density at radius 2 is 2.05 bits per heavy atom. The lowest BCUT2D eigenvalue weighted by molar-refractivity contribution is -0.384. The minimum atomic E-state index is -0.377. The van der Waals surface area contributed by atoms with Gasteiger partial charge in [0.15, 0.2) is 0 Å². The lowest BCUT2D eigenvalue weighted by Gasteiger charge is -2.26. The van der Waals surface area contributed by atoms with E-state index in [9.17, 15) is 10.1 Å². The minimum Gasteiger partial charge on any atom is -0.360 e. The molecule has 7 nitrogen and oxygen atoms in total. The van der Waals surface area contributed by atoms with E-state index in [1.54, 1.807) is 18.7 Å². The Morgan fingerprint density at radius 3 is 2.47 bits per heavy atom. The summed E-state index contributed by atoms with van der Waals surface area (Å²) in [4.78, 5) is 12.8. The highest BCUT2D eigenvalue weighted by atomic mass is 16.6. The topological polar surface area (TPSA) is 76.2 Å². The van der Waals surface area contributed by atoms with Crippen molar-refractivity contribution < 1.29 is 4.92 Å². The molecule has 0 fully saturated rings. The summed E-state index contributed by atoms with van der Waals surface area (Å²) in [5.74, 6) is 0.834. The predicted molar refractivity (Wildman–Crippen MR) is 75.4 cm³/mol. The number of hydrogen-bond acceptors (Lipinski definition) is 5. The van der Waals surface area contributed by atoms with Crippen LogP contribution in [0.25, 0.3) is 0 Å². The fraction of sp³-hybridized carbons (Fsp3) is 0.750. The highest BCUT2D eigenvalue weighted by Gasteiger charge is 2.27. The zero-order valence-electron chi connectivity index (χ0n) is 12.5. The van der Waals surface area contributed by atoms with E-state index >= 15 is 0 Å². The van der Waals surface area contributed by atoms with Crippen molar-refractivity contribution >= 4 is 11.5 Å². The van der Waals surface area contributed by atoms with Crippen molar-refractivity contribution in [3.05, 3.63) is 15.8 Å². The first kappa shape index (κ1) is 15.4. The second-order valence-electron chi connectivity index (χ2n) is 5.42. The normalized spacial score (nSPS) is 13.1.